The Morgan fingerprint density at radius 1 is 0.605 bits per heavy atom. The quantitative estimate of drug-likeness (QED) is 0.451. The van der Waals surface area contributed by atoms with Crippen molar-refractivity contribution in [2.45, 2.75) is 88.2 Å². The summed E-state index contributed by atoms with van der Waals surface area (Å²) in [5.74, 6) is -1.62. The summed E-state index contributed by atoms with van der Waals surface area (Å²) in [5, 5.41) is 5.60. The number of carbonyl (C=O) groups is 4. The molecule has 4 bridgehead atoms. The molecule has 6 rings (SSSR count). The summed E-state index contributed by atoms with van der Waals surface area (Å²) < 4.78 is 38.0. The smallest absolute Gasteiger partial charge is 0.313 e. The highest BCUT2D eigenvalue weighted by atomic mass is 32.2. The van der Waals surface area contributed by atoms with Gasteiger partial charge in [0.05, 0.1) is 20.6 Å². The molecule has 4 fully saturated rings. The third-order valence-electron chi connectivity index (χ3n) is 11.7. The fraction of sp³-hybridized carbons (Fsp3) is 0.500. The molecule has 2 aliphatic carbocycles. The lowest BCUT2D eigenvalue weighted by atomic mass is 9.66. The predicted octanol–water partition coefficient (Wildman–Crippen LogP) is 4.64. The Labute approximate surface area is 250 Å². The summed E-state index contributed by atoms with van der Waals surface area (Å²) in [4.78, 5) is 51.8. The number of sulfone groups is 1. The highest BCUT2D eigenvalue weighted by Crippen LogP contribution is 2.66. The number of amides is 2. The summed E-state index contributed by atoms with van der Waals surface area (Å²) >= 11 is 0. The fourth-order valence-corrected chi connectivity index (χ4v) is 8.79. The van der Waals surface area contributed by atoms with Gasteiger partial charge >= 0.3 is 11.9 Å². The van der Waals surface area contributed by atoms with Crippen molar-refractivity contribution in [3.8, 4) is 0 Å². The number of hydrogen-bond acceptors (Lipinski definition) is 8. The first-order valence-electron chi connectivity index (χ1n) is 14.4. The van der Waals surface area contributed by atoms with Crippen molar-refractivity contribution in [1.82, 2.24) is 0 Å². The molecule has 0 aromatic heterocycles. The van der Waals surface area contributed by atoms with Gasteiger partial charge in [0.2, 0.25) is 9.84 Å². The van der Waals surface area contributed by atoms with E-state index in [0.717, 1.165) is 0 Å². The zero-order valence-electron chi connectivity index (χ0n) is 25.1. The van der Waals surface area contributed by atoms with Gasteiger partial charge in [-0.3, -0.25) is 19.2 Å². The number of carbonyl (C=O) groups excluding carboxylic acids is 4. The predicted molar refractivity (Wildman–Crippen MR) is 155 cm³/mol. The molecule has 228 valence electrons. The molecule has 2 aromatic carbocycles. The van der Waals surface area contributed by atoms with Crippen LogP contribution in [0, 0.1) is 21.7 Å². The van der Waals surface area contributed by atoms with Gasteiger partial charge in [0, 0.05) is 22.2 Å². The van der Waals surface area contributed by atoms with Crippen LogP contribution in [0.5, 0.6) is 0 Å². The van der Waals surface area contributed by atoms with Crippen LogP contribution >= 0.6 is 0 Å². The van der Waals surface area contributed by atoms with Crippen LogP contribution in [0.4, 0.5) is 11.4 Å². The lowest BCUT2D eigenvalue weighted by molar-refractivity contribution is -0.166. The summed E-state index contributed by atoms with van der Waals surface area (Å²) in [7, 11) is -3.91. The SMILES string of the molecule is CC12CCC(C(=O)Nc3ccc(S(=O)(=O)c4ccc(NC(=O)C56CCC(C)(C(=O)O5)C6(C)C)cc4)cc3)(OC1=O)C2(C)C. The third-order valence-corrected chi connectivity index (χ3v) is 13.5. The number of hydrogen-bond donors (Lipinski definition) is 2. The Kier molecular flexibility index (Phi) is 5.92. The summed E-state index contributed by atoms with van der Waals surface area (Å²) in [6.07, 6.45) is 1.94. The first-order valence-corrected chi connectivity index (χ1v) is 15.9. The average molecular weight is 609 g/mol. The molecule has 4 aliphatic rings. The minimum Gasteiger partial charge on any atom is -0.448 e. The topological polar surface area (TPSA) is 145 Å². The molecule has 2 amide bonds. The Morgan fingerprint density at radius 3 is 1.19 bits per heavy atom. The third kappa shape index (κ3) is 3.48. The molecule has 4 unspecified atom stereocenters. The van der Waals surface area contributed by atoms with Crippen LogP contribution in [0.15, 0.2) is 58.3 Å². The molecular formula is C32H36N2O8S. The largest absolute Gasteiger partial charge is 0.448 e. The van der Waals surface area contributed by atoms with Crippen LogP contribution in [-0.4, -0.2) is 43.4 Å². The second-order valence-corrected chi connectivity index (χ2v) is 15.8. The van der Waals surface area contributed by atoms with E-state index in [9.17, 15) is 27.6 Å². The maximum Gasteiger partial charge on any atom is 0.313 e. The van der Waals surface area contributed by atoms with Gasteiger partial charge in [0.1, 0.15) is 0 Å². The standard InChI is InChI=1S/C32H36N2O8S/c1-27(2)29(5)15-17-31(27,41-25(29)37)23(35)33-19-7-11-21(12-8-19)43(39,40)22-13-9-20(10-14-22)34-24(36)32-18-16-30(6,26(38)42-32)28(32,3)4/h7-14H,15-18H2,1-6H3,(H,33,35)(H,34,36). The van der Waals surface area contributed by atoms with Crippen molar-refractivity contribution in [3.05, 3.63) is 48.5 Å². The van der Waals surface area contributed by atoms with E-state index in [2.05, 4.69) is 10.6 Å². The van der Waals surface area contributed by atoms with E-state index >= 15 is 0 Å². The van der Waals surface area contributed by atoms with Gasteiger partial charge in [0.25, 0.3) is 11.8 Å². The zero-order valence-corrected chi connectivity index (χ0v) is 25.9. The highest BCUT2D eigenvalue weighted by molar-refractivity contribution is 7.91. The van der Waals surface area contributed by atoms with Crippen LogP contribution < -0.4 is 10.6 Å². The molecule has 2 aromatic rings. The van der Waals surface area contributed by atoms with Gasteiger partial charge < -0.3 is 20.1 Å². The molecular weight excluding hydrogens is 572 g/mol. The van der Waals surface area contributed by atoms with Gasteiger partial charge in [-0.05, 0) is 88.1 Å². The molecule has 4 atom stereocenters. The molecule has 11 heteroatoms. The van der Waals surface area contributed by atoms with Crippen LogP contribution in [0.2, 0.25) is 0 Å². The van der Waals surface area contributed by atoms with E-state index in [1.807, 2.05) is 41.5 Å². The molecule has 10 nitrogen and oxygen atoms in total. The van der Waals surface area contributed by atoms with Gasteiger partial charge in [-0.2, -0.15) is 0 Å². The second-order valence-electron chi connectivity index (χ2n) is 13.8. The average Bonchev–Trinajstić information content (AvgIpc) is 3.42. The zero-order chi connectivity index (χ0) is 31.4. The first-order chi connectivity index (χ1) is 19.9. The maximum atomic E-state index is 13.3. The van der Waals surface area contributed by atoms with Crippen LogP contribution in [0.1, 0.15) is 67.2 Å². The molecule has 2 heterocycles. The monoisotopic (exact) mass is 608 g/mol. The minimum absolute atomic E-state index is 0.0188. The number of nitrogens with one attached hydrogen (secondary N) is 2. The molecule has 2 saturated heterocycles. The Balaban J connectivity index is 1.15. The van der Waals surface area contributed by atoms with Gasteiger partial charge in [-0.25, -0.2) is 8.42 Å². The van der Waals surface area contributed by atoms with E-state index in [0.29, 0.717) is 37.1 Å². The summed E-state index contributed by atoms with van der Waals surface area (Å²) in [6.45, 7) is 11.1. The summed E-state index contributed by atoms with van der Waals surface area (Å²) in [6, 6.07) is 11.6. The van der Waals surface area contributed by atoms with Gasteiger partial charge in [0.15, 0.2) is 11.2 Å². The van der Waals surface area contributed by atoms with E-state index in [1.54, 1.807) is 0 Å². The fourth-order valence-electron chi connectivity index (χ4n) is 7.53. The van der Waals surface area contributed by atoms with E-state index < -0.39 is 54.5 Å². The van der Waals surface area contributed by atoms with Crippen molar-refractivity contribution in [2.75, 3.05) is 10.6 Å². The number of benzene rings is 2. The number of rotatable bonds is 6. The summed E-state index contributed by atoms with van der Waals surface area (Å²) in [5.41, 5.74) is -4.70. The van der Waals surface area contributed by atoms with Gasteiger partial charge in [-0.15, -0.1) is 0 Å². The Bertz CT molecular complexity index is 1580. The highest BCUT2D eigenvalue weighted by Gasteiger charge is 2.76. The molecule has 2 N–H and O–H groups in total. The normalized spacial score (nSPS) is 33.2. The Hall–Kier alpha value is -3.73. The lowest BCUT2D eigenvalue weighted by Gasteiger charge is -2.35. The second kappa shape index (κ2) is 8.68. The lowest BCUT2D eigenvalue weighted by Crippen LogP contribution is -2.50. The number of fused-ring (bicyclic) bond motifs is 4. The molecule has 2 saturated carbocycles. The van der Waals surface area contributed by atoms with Crippen molar-refractivity contribution < 1.29 is 37.1 Å². The minimum atomic E-state index is -3.91. The van der Waals surface area contributed by atoms with Crippen molar-refractivity contribution >= 4 is 45.0 Å². The van der Waals surface area contributed by atoms with Crippen molar-refractivity contribution in [2.24, 2.45) is 21.7 Å². The molecule has 0 spiro atoms. The number of anilines is 2. The van der Waals surface area contributed by atoms with Crippen LogP contribution in [0.25, 0.3) is 0 Å². The van der Waals surface area contributed by atoms with Crippen LogP contribution in [-0.2, 0) is 38.5 Å². The maximum absolute atomic E-state index is 13.3. The van der Waals surface area contributed by atoms with Crippen molar-refractivity contribution in [3.63, 3.8) is 0 Å². The number of ether oxygens (including phenoxy) is 2. The van der Waals surface area contributed by atoms with E-state index in [1.165, 1.54) is 48.5 Å². The first kappa shape index (κ1) is 29.3. The van der Waals surface area contributed by atoms with Crippen molar-refractivity contribution in [1.29, 1.82) is 0 Å². The van der Waals surface area contributed by atoms with E-state index in [4.69, 9.17) is 9.47 Å². The molecule has 43 heavy (non-hydrogen) atoms. The number of esters is 2. The Morgan fingerprint density at radius 2 is 0.930 bits per heavy atom. The van der Waals surface area contributed by atoms with Crippen LogP contribution in [0.3, 0.4) is 0 Å². The van der Waals surface area contributed by atoms with E-state index in [-0.39, 0.29) is 21.7 Å². The molecule has 2 aliphatic heterocycles. The molecule has 0 radical (unpaired) electrons. The van der Waals surface area contributed by atoms with Gasteiger partial charge in [-0.1, -0.05) is 27.7 Å².